The second-order valence-corrected chi connectivity index (χ2v) is 10.7. The molecular weight excluding hydrogens is 454 g/mol. The second kappa shape index (κ2) is 9.60. The highest BCUT2D eigenvalue weighted by molar-refractivity contribution is 7.92. The molecule has 0 saturated carbocycles. The van der Waals surface area contributed by atoms with Crippen LogP contribution in [0.2, 0.25) is 0 Å². The van der Waals surface area contributed by atoms with Crippen molar-refractivity contribution in [3.05, 3.63) is 59.3 Å². The third-order valence-corrected chi connectivity index (χ3v) is 7.66. The molecule has 3 aromatic rings. The number of morpholine rings is 1. The van der Waals surface area contributed by atoms with Crippen molar-refractivity contribution in [2.45, 2.75) is 32.2 Å². The number of amides is 2. The number of fused-ring (bicyclic) bond motifs is 1. The topological polar surface area (TPSA) is 97.7 Å². The Bertz CT molecular complexity index is 1330. The van der Waals surface area contributed by atoms with Crippen molar-refractivity contribution in [3.8, 4) is 0 Å². The molecule has 2 aromatic carbocycles. The maximum absolute atomic E-state index is 13.3. The molecule has 0 spiro atoms. The zero-order valence-electron chi connectivity index (χ0n) is 19.6. The number of para-hydroxylation sites is 1. The third-order valence-electron chi connectivity index (χ3n) is 6.02. The highest BCUT2D eigenvalue weighted by Crippen LogP contribution is 2.27. The third kappa shape index (κ3) is 5.00. The van der Waals surface area contributed by atoms with E-state index in [1.165, 1.54) is 6.20 Å². The molecule has 0 radical (unpaired) electrons. The molecule has 1 saturated heterocycles. The summed E-state index contributed by atoms with van der Waals surface area (Å²) in [5, 5.41) is 3.26. The van der Waals surface area contributed by atoms with E-state index in [0.717, 1.165) is 16.7 Å². The molecule has 1 aromatic heterocycles. The van der Waals surface area contributed by atoms with Gasteiger partial charge >= 0.3 is 0 Å². The van der Waals surface area contributed by atoms with Crippen LogP contribution in [0.1, 0.15) is 16.7 Å². The molecule has 180 valence electrons. The van der Waals surface area contributed by atoms with Gasteiger partial charge in [-0.3, -0.25) is 9.59 Å². The molecule has 9 heteroatoms. The first-order valence-corrected chi connectivity index (χ1v) is 12.8. The van der Waals surface area contributed by atoms with E-state index in [1.54, 1.807) is 33.7 Å². The first-order chi connectivity index (χ1) is 16.2. The number of aromatic nitrogens is 1. The van der Waals surface area contributed by atoms with Crippen molar-refractivity contribution >= 4 is 38.2 Å². The Morgan fingerprint density at radius 1 is 1.03 bits per heavy atom. The van der Waals surface area contributed by atoms with Gasteiger partial charge in [-0.1, -0.05) is 35.9 Å². The van der Waals surface area contributed by atoms with Gasteiger partial charge in [0.2, 0.25) is 11.8 Å². The summed E-state index contributed by atoms with van der Waals surface area (Å²) in [6.07, 6.45) is 1.47. The highest BCUT2D eigenvalue weighted by Gasteiger charge is 2.26. The van der Waals surface area contributed by atoms with Crippen LogP contribution in [0, 0.1) is 20.8 Å². The Morgan fingerprint density at radius 3 is 2.35 bits per heavy atom. The smallest absolute Gasteiger partial charge is 0.242 e. The number of carbonyl (C=O) groups is 2. The van der Waals surface area contributed by atoms with Crippen LogP contribution in [-0.2, 0) is 30.7 Å². The maximum Gasteiger partial charge on any atom is 0.242 e. The molecule has 0 bridgehead atoms. The molecule has 1 aliphatic rings. The van der Waals surface area contributed by atoms with Crippen molar-refractivity contribution in [2.75, 3.05) is 37.4 Å². The largest absolute Gasteiger partial charge is 0.378 e. The fourth-order valence-electron chi connectivity index (χ4n) is 4.45. The average Bonchev–Trinajstić information content (AvgIpc) is 3.16. The number of benzene rings is 2. The van der Waals surface area contributed by atoms with E-state index in [9.17, 15) is 18.0 Å². The Morgan fingerprint density at radius 2 is 1.68 bits per heavy atom. The minimum Gasteiger partial charge on any atom is -0.378 e. The highest BCUT2D eigenvalue weighted by atomic mass is 32.2. The van der Waals surface area contributed by atoms with Gasteiger partial charge in [-0.05, 0) is 38.0 Å². The molecule has 34 heavy (non-hydrogen) atoms. The maximum atomic E-state index is 13.3. The summed E-state index contributed by atoms with van der Waals surface area (Å²) < 4.78 is 33.5. The summed E-state index contributed by atoms with van der Waals surface area (Å²) in [5.41, 5.74) is 4.08. The Labute approximate surface area is 199 Å². The van der Waals surface area contributed by atoms with Gasteiger partial charge in [-0.15, -0.1) is 0 Å². The molecular formula is C25H29N3O5S. The molecule has 1 fully saturated rings. The van der Waals surface area contributed by atoms with Crippen molar-refractivity contribution in [3.63, 3.8) is 0 Å². The van der Waals surface area contributed by atoms with Gasteiger partial charge in [0, 0.05) is 35.9 Å². The summed E-state index contributed by atoms with van der Waals surface area (Å²) in [6.45, 7) is 7.76. The SMILES string of the molecule is Cc1cc(C)c(NC(=O)CS(=O)(=O)c2cn(CC(=O)N3CCOCC3)c3ccccc23)c(C)c1. The van der Waals surface area contributed by atoms with Crippen molar-refractivity contribution < 1.29 is 22.7 Å². The lowest BCUT2D eigenvalue weighted by Gasteiger charge is -2.27. The number of nitrogens with one attached hydrogen (secondary N) is 1. The average molecular weight is 484 g/mol. The fourth-order valence-corrected chi connectivity index (χ4v) is 5.82. The number of sulfone groups is 1. The summed E-state index contributed by atoms with van der Waals surface area (Å²) in [6, 6.07) is 10.9. The monoisotopic (exact) mass is 483 g/mol. The van der Waals surface area contributed by atoms with E-state index in [0.29, 0.717) is 42.9 Å². The quantitative estimate of drug-likeness (QED) is 0.582. The summed E-state index contributed by atoms with van der Waals surface area (Å²) in [7, 11) is -3.96. The van der Waals surface area contributed by atoms with Gasteiger partial charge < -0.3 is 19.5 Å². The lowest BCUT2D eigenvalue weighted by Crippen LogP contribution is -2.42. The Balaban J connectivity index is 1.58. The second-order valence-electron chi connectivity index (χ2n) is 8.71. The Hall–Kier alpha value is -3.17. The van der Waals surface area contributed by atoms with Crippen molar-refractivity contribution in [1.82, 2.24) is 9.47 Å². The van der Waals surface area contributed by atoms with Gasteiger partial charge in [-0.25, -0.2) is 8.42 Å². The van der Waals surface area contributed by atoms with E-state index < -0.39 is 21.5 Å². The van der Waals surface area contributed by atoms with Crippen LogP contribution in [-0.4, -0.2) is 61.8 Å². The van der Waals surface area contributed by atoms with Gasteiger partial charge in [0.25, 0.3) is 0 Å². The van der Waals surface area contributed by atoms with Crippen LogP contribution in [0.15, 0.2) is 47.5 Å². The molecule has 1 aliphatic heterocycles. The zero-order valence-corrected chi connectivity index (χ0v) is 20.4. The molecule has 8 nitrogen and oxygen atoms in total. The molecule has 2 amide bonds. The first-order valence-electron chi connectivity index (χ1n) is 11.2. The summed E-state index contributed by atoms with van der Waals surface area (Å²) in [4.78, 5) is 27.3. The van der Waals surface area contributed by atoms with E-state index >= 15 is 0 Å². The van der Waals surface area contributed by atoms with Crippen LogP contribution in [0.5, 0.6) is 0 Å². The van der Waals surface area contributed by atoms with Gasteiger partial charge in [0.1, 0.15) is 12.3 Å². The van der Waals surface area contributed by atoms with E-state index in [4.69, 9.17) is 4.74 Å². The summed E-state index contributed by atoms with van der Waals surface area (Å²) in [5.74, 6) is -1.39. The standard InChI is InChI=1S/C25H29N3O5S/c1-17-12-18(2)25(19(3)13-17)26-23(29)16-34(31,32)22-14-28(21-7-5-4-6-20(21)22)15-24(30)27-8-10-33-11-9-27/h4-7,12-14H,8-11,15-16H2,1-3H3,(H,26,29). The first kappa shape index (κ1) is 24.0. The van der Waals surface area contributed by atoms with Crippen LogP contribution in [0.4, 0.5) is 5.69 Å². The predicted octanol–water partition coefficient (Wildman–Crippen LogP) is 2.84. The van der Waals surface area contributed by atoms with Gasteiger partial charge in [0.05, 0.1) is 18.1 Å². The number of hydrogen-bond donors (Lipinski definition) is 1. The number of nitrogens with zero attached hydrogens (tertiary/aromatic N) is 2. The molecule has 0 atom stereocenters. The van der Waals surface area contributed by atoms with Crippen molar-refractivity contribution in [2.24, 2.45) is 0 Å². The number of anilines is 1. The van der Waals surface area contributed by atoms with Crippen LogP contribution >= 0.6 is 0 Å². The molecule has 0 aliphatic carbocycles. The molecule has 0 unspecified atom stereocenters. The van der Waals surface area contributed by atoms with Crippen LogP contribution in [0.25, 0.3) is 10.9 Å². The molecule has 1 N–H and O–H groups in total. The van der Waals surface area contributed by atoms with E-state index in [1.807, 2.05) is 32.9 Å². The number of ether oxygens (including phenoxy) is 1. The van der Waals surface area contributed by atoms with Crippen LogP contribution in [0.3, 0.4) is 0 Å². The Kier molecular flexibility index (Phi) is 6.77. The number of hydrogen-bond acceptors (Lipinski definition) is 5. The predicted molar refractivity (Wildman–Crippen MR) is 131 cm³/mol. The minimum atomic E-state index is -3.96. The van der Waals surface area contributed by atoms with E-state index in [2.05, 4.69) is 5.32 Å². The van der Waals surface area contributed by atoms with E-state index in [-0.39, 0.29) is 17.3 Å². The van der Waals surface area contributed by atoms with Crippen molar-refractivity contribution in [1.29, 1.82) is 0 Å². The lowest BCUT2D eigenvalue weighted by molar-refractivity contribution is -0.135. The number of carbonyl (C=O) groups excluding carboxylic acids is 2. The van der Waals surface area contributed by atoms with Crippen LogP contribution < -0.4 is 5.32 Å². The summed E-state index contributed by atoms with van der Waals surface area (Å²) >= 11 is 0. The van der Waals surface area contributed by atoms with Gasteiger partial charge in [-0.2, -0.15) is 0 Å². The normalized spacial score (nSPS) is 14.4. The number of aryl methyl sites for hydroxylation is 3. The number of rotatable bonds is 6. The fraction of sp³-hybridized carbons (Fsp3) is 0.360. The molecule has 2 heterocycles. The van der Waals surface area contributed by atoms with Gasteiger partial charge in [0.15, 0.2) is 9.84 Å². The zero-order chi connectivity index (χ0) is 24.5. The minimum absolute atomic E-state index is 0.0178. The lowest BCUT2D eigenvalue weighted by atomic mass is 10.1. The molecule has 4 rings (SSSR count).